The molecule has 3 nitrogen and oxygen atoms in total. The van der Waals surface area contributed by atoms with Crippen LogP contribution < -0.4 is 0 Å². The maximum Gasteiger partial charge on any atom is 0.138 e. The number of rotatable bonds is 4. The Hall–Kier alpha value is -4.41. The van der Waals surface area contributed by atoms with Gasteiger partial charge in [0.25, 0.3) is 0 Å². The summed E-state index contributed by atoms with van der Waals surface area (Å²) in [6.45, 7) is 12.1. The topological polar surface area (TPSA) is 38.9 Å². The fraction of sp³-hybridized carbons (Fsp3) is 0.182. The van der Waals surface area contributed by atoms with Crippen LogP contribution in [0.4, 0.5) is 0 Å². The summed E-state index contributed by atoms with van der Waals surface area (Å²) in [7, 11) is 0. The molecule has 0 bridgehead atoms. The van der Waals surface area contributed by atoms with Crippen LogP contribution in [0.25, 0.3) is 65.7 Å². The van der Waals surface area contributed by atoms with Crippen molar-refractivity contribution >= 4 is 43.4 Å². The summed E-state index contributed by atoms with van der Waals surface area (Å²) in [5, 5.41) is 3.27. The molecule has 1 radical (unpaired) electrons. The van der Waals surface area contributed by atoms with Crippen molar-refractivity contribution in [3.8, 4) is 33.6 Å². The van der Waals surface area contributed by atoms with Gasteiger partial charge in [0.1, 0.15) is 5.58 Å². The summed E-state index contributed by atoms with van der Waals surface area (Å²) in [6, 6.07) is 38.7. The number of pyridine rings is 2. The molecule has 8 aromatic rings. The number of benzene rings is 4. The fourth-order valence-electron chi connectivity index (χ4n) is 6.23. The minimum atomic E-state index is -1.61. The zero-order valence-corrected chi connectivity index (χ0v) is 31.6. The third-order valence-corrected chi connectivity index (χ3v) is 9.34. The Balaban J connectivity index is 0.000000291. The van der Waals surface area contributed by atoms with E-state index in [0.29, 0.717) is 11.3 Å². The number of hydrogen-bond donors (Lipinski definition) is 0. The van der Waals surface area contributed by atoms with Crippen molar-refractivity contribution in [2.24, 2.45) is 5.41 Å². The molecule has 0 saturated carbocycles. The summed E-state index contributed by atoms with van der Waals surface area (Å²) >= 11 is 1.74. The van der Waals surface area contributed by atoms with Crippen molar-refractivity contribution in [1.82, 2.24) is 9.97 Å². The van der Waals surface area contributed by atoms with E-state index in [1.807, 2.05) is 93.7 Å². The van der Waals surface area contributed by atoms with Crippen LogP contribution >= 0.6 is 11.3 Å². The normalized spacial score (nSPS) is 12.3. The Morgan fingerprint density at radius 1 is 0.776 bits per heavy atom. The van der Waals surface area contributed by atoms with Crippen molar-refractivity contribution in [3.05, 3.63) is 143 Å². The zero-order chi connectivity index (χ0) is 35.2. The van der Waals surface area contributed by atoms with Gasteiger partial charge in [-0.2, -0.15) is 0 Å². The van der Waals surface area contributed by atoms with E-state index in [1.54, 1.807) is 17.5 Å². The molecule has 0 aliphatic carbocycles. The second-order valence-corrected chi connectivity index (χ2v) is 14.4. The van der Waals surface area contributed by atoms with Gasteiger partial charge in [0.15, 0.2) is 0 Å². The second-order valence-electron chi connectivity index (χ2n) is 13.2. The molecule has 0 spiro atoms. The summed E-state index contributed by atoms with van der Waals surface area (Å²) in [5.74, 6) is 0. The van der Waals surface area contributed by atoms with E-state index in [-0.39, 0.29) is 20.1 Å². The fourth-order valence-corrected chi connectivity index (χ4v) is 7.22. The van der Waals surface area contributed by atoms with Gasteiger partial charge in [-0.25, -0.2) is 0 Å². The van der Waals surface area contributed by atoms with Gasteiger partial charge in [-0.3, -0.25) is 0 Å². The average molecular weight is 837 g/mol. The van der Waals surface area contributed by atoms with Gasteiger partial charge in [0.2, 0.25) is 0 Å². The minimum Gasteiger partial charge on any atom is -0.499 e. The van der Waals surface area contributed by atoms with Gasteiger partial charge in [-0.05, 0) is 83.7 Å². The molecule has 4 aromatic carbocycles. The van der Waals surface area contributed by atoms with E-state index < -0.39 is 11.8 Å². The Morgan fingerprint density at radius 2 is 1.55 bits per heavy atom. The molecule has 0 unspecified atom stereocenters. The largest absolute Gasteiger partial charge is 0.499 e. The van der Waals surface area contributed by atoms with Crippen molar-refractivity contribution in [1.29, 1.82) is 0 Å². The number of nitrogens with zero attached hydrogens (tertiary/aromatic N) is 2. The standard InChI is InChI=1S/C33H30NOS.C11H8N.Ir/c1-19-9-7-10-20(2)29(19)27-18-34-28(16-23(27)17-33(4,5)6)26-12-8-11-24-25-14-13-22-15-21(3)36-32(22)31(25)35-30(24)26;1-2-6-10(7-3-1)11-8-4-5-9-12-11;/h7-11,13-16,18H,17H2,1-6H3;1-6,8-9H;/q2*-1;/i17D2;;. The first-order valence-corrected chi connectivity index (χ1v) is 17.0. The molecule has 5 heteroatoms. The predicted molar refractivity (Wildman–Crippen MR) is 202 cm³/mol. The van der Waals surface area contributed by atoms with E-state index in [9.17, 15) is 2.74 Å². The molecule has 0 N–H and O–H groups in total. The van der Waals surface area contributed by atoms with Gasteiger partial charge < -0.3 is 14.4 Å². The van der Waals surface area contributed by atoms with E-state index in [1.165, 1.54) is 10.3 Å². The number of aromatic nitrogens is 2. The molecule has 0 fully saturated rings. The molecule has 0 aliphatic rings. The molecule has 4 aromatic heterocycles. The second kappa shape index (κ2) is 14.2. The van der Waals surface area contributed by atoms with Gasteiger partial charge in [-0.1, -0.05) is 80.3 Å². The smallest absolute Gasteiger partial charge is 0.138 e. The molecular formula is C44H38IrN2OS-2. The first kappa shape index (κ1) is 31.8. The molecule has 0 amide bonds. The van der Waals surface area contributed by atoms with Gasteiger partial charge in [-0.15, -0.1) is 65.4 Å². The number of furan rings is 1. The average Bonchev–Trinajstić information content (AvgIpc) is 3.69. The quantitative estimate of drug-likeness (QED) is 0.166. The Bertz CT molecular complexity index is 2420. The summed E-state index contributed by atoms with van der Waals surface area (Å²) in [5.41, 5.74) is 9.11. The SMILES string of the molecule is [2H]C([2H])(c1cc(-c2[c-]ccc3c2oc2c3ccc3cc(C)sc32)ncc1-c1c(C)cccc1C)C(C)(C)C.[Ir].[c-]1ccccc1-c1ccccn1. The van der Waals surface area contributed by atoms with E-state index >= 15 is 0 Å². The first-order chi connectivity index (χ1) is 23.9. The van der Waals surface area contributed by atoms with Crippen LogP contribution in [0.5, 0.6) is 0 Å². The maximum absolute atomic E-state index is 9.26. The molecule has 0 atom stereocenters. The molecular weight excluding hydrogens is 797 g/mol. The molecule has 247 valence electrons. The van der Waals surface area contributed by atoms with E-state index in [4.69, 9.17) is 9.40 Å². The van der Waals surface area contributed by atoms with Crippen molar-refractivity contribution in [3.63, 3.8) is 0 Å². The van der Waals surface area contributed by atoms with Crippen LogP contribution in [0.3, 0.4) is 0 Å². The number of aryl methyl sites for hydroxylation is 3. The Kier molecular flexibility index (Phi) is 9.23. The van der Waals surface area contributed by atoms with Gasteiger partial charge in [0.05, 0.1) is 10.3 Å². The maximum atomic E-state index is 9.26. The zero-order valence-electron chi connectivity index (χ0n) is 30.4. The van der Waals surface area contributed by atoms with Crippen LogP contribution in [0.1, 0.15) is 45.1 Å². The third kappa shape index (κ3) is 7.16. The van der Waals surface area contributed by atoms with E-state index in [0.717, 1.165) is 65.7 Å². The molecule has 0 saturated heterocycles. The Morgan fingerprint density at radius 3 is 2.27 bits per heavy atom. The van der Waals surface area contributed by atoms with Crippen molar-refractivity contribution < 1.29 is 27.3 Å². The van der Waals surface area contributed by atoms with E-state index in [2.05, 4.69) is 68.2 Å². The number of fused-ring (bicyclic) bond motifs is 5. The summed E-state index contributed by atoms with van der Waals surface area (Å²) < 4.78 is 26.2. The van der Waals surface area contributed by atoms with Crippen LogP contribution in [0.15, 0.2) is 114 Å². The predicted octanol–water partition coefficient (Wildman–Crippen LogP) is 12.4. The van der Waals surface area contributed by atoms with Crippen LogP contribution in [-0.2, 0) is 26.5 Å². The minimum absolute atomic E-state index is 0. The number of hydrogen-bond acceptors (Lipinski definition) is 4. The van der Waals surface area contributed by atoms with Crippen molar-refractivity contribution in [2.45, 2.75) is 47.9 Å². The molecule has 0 aliphatic heterocycles. The van der Waals surface area contributed by atoms with Crippen LogP contribution in [-0.4, -0.2) is 9.97 Å². The molecule has 49 heavy (non-hydrogen) atoms. The Labute approximate surface area is 309 Å². The number of thiophene rings is 1. The molecule has 8 rings (SSSR count). The monoisotopic (exact) mass is 837 g/mol. The summed E-state index contributed by atoms with van der Waals surface area (Å²) in [6.07, 6.45) is 2.01. The van der Waals surface area contributed by atoms with Crippen LogP contribution in [0.2, 0.25) is 0 Å². The molecule has 4 heterocycles. The third-order valence-electron chi connectivity index (χ3n) is 8.28. The van der Waals surface area contributed by atoms with Gasteiger partial charge >= 0.3 is 0 Å². The van der Waals surface area contributed by atoms with Gasteiger partial charge in [0, 0.05) is 51.1 Å². The summed E-state index contributed by atoms with van der Waals surface area (Å²) in [4.78, 5) is 10.4. The first-order valence-electron chi connectivity index (χ1n) is 17.2. The van der Waals surface area contributed by atoms with Crippen molar-refractivity contribution in [2.75, 3.05) is 0 Å². The van der Waals surface area contributed by atoms with Crippen LogP contribution in [0, 0.1) is 38.3 Å².